The number of benzene rings is 3. The Morgan fingerprint density at radius 1 is 0.767 bits per heavy atom. The summed E-state index contributed by atoms with van der Waals surface area (Å²) in [7, 11) is 1.71. The maximum Gasteiger partial charge on any atom is 0.182 e. The number of ether oxygens (including phenoxy) is 1. The summed E-state index contributed by atoms with van der Waals surface area (Å²) < 4.78 is 5.45. The van der Waals surface area contributed by atoms with Gasteiger partial charge in [-0.1, -0.05) is 36.4 Å². The summed E-state index contributed by atoms with van der Waals surface area (Å²) in [5, 5.41) is 0. The van der Waals surface area contributed by atoms with E-state index in [-0.39, 0.29) is 11.2 Å². The minimum atomic E-state index is -0.322. The van der Waals surface area contributed by atoms with Crippen LogP contribution in [0, 0.1) is 0 Å². The van der Waals surface area contributed by atoms with Crippen LogP contribution in [-0.2, 0) is 29.5 Å². The van der Waals surface area contributed by atoms with Gasteiger partial charge in [0.25, 0.3) is 0 Å². The van der Waals surface area contributed by atoms with Gasteiger partial charge in [-0.3, -0.25) is 4.79 Å². The van der Waals surface area contributed by atoms with E-state index >= 15 is 0 Å². The highest BCUT2D eigenvalue weighted by Gasteiger charge is 2.58. The number of methoxy groups -OCH3 is 1. The number of hydrogen-bond donors (Lipinski definition) is 0. The van der Waals surface area contributed by atoms with Crippen molar-refractivity contribution in [2.45, 2.75) is 24.7 Å². The molecule has 0 bridgehead atoms. The minimum Gasteiger partial charge on any atom is -0.497 e. The quantitative estimate of drug-likeness (QED) is 0.488. The Morgan fingerprint density at radius 2 is 1.47 bits per heavy atom. The van der Waals surface area contributed by atoms with Crippen LogP contribution < -0.4 is 4.74 Å². The molecule has 0 unspecified atom stereocenters. The maximum absolute atomic E-state index is 13.3. The van der Waals surface area contributed by atoms with E-state index in [1.54, 1.807) is 7.11 Å². The fourth-order valence-electron chi connectivity index (χ4n) is 7.01. The minimum absolute atomic E-state index is 0.212. The Hall–Kier alpha value is -3.39. The van der Waals surface area contributed by atoms with Gasteiger partial charge in [0.1, 0.15) is 5.75 Å². The highest BCUT2D eigenvalue weighted by atomic mass is 16.5. The van der Waals surface area contributed by atoms with Crippen LogP contribution >= 0.6 is 0 Å². The van der Waals surface area contributed by atoms with Crippen molar-refractivity contribution in [1.82, 2.24) is 0 Å². The highest BCUT2D eigenvalue weighted by Crippen LogP contribution is 2.68. The van der Waals surface area contributed by atoms with Crippen molar-refractivity contribution >= 4 is 11.4 Å². The van der Waals surface area contributed by atoms with Crippen LogP contribution in [0.15, 0.2) is 65.8 Å². The molecule has 1 atom stereocenters. The van der Waals surface area contributed by atoms with Crippen LogP contribution in [0.1, 0.15) is 38.9 Å². The number of ketones is 1. The molecule has 5 aliphatic rings. The molecular formula is C28H18O2. The first kappa shape index (κ1) is 15.4. The van der Waals surface area contributed by atoms with Crippen molar-refractivity contribution in [3.05, 3.63) is 105 Å². The molecule has 0 heterocycles. The summed E-state index contributed by atoms with van der Waals surface area (Å²) in [4.78, 5) is 13.3. The van der Waals surface area contributed by atoms with Gasteiger partial charge >= 0.3 is 0 Å². The maximum atomic E-state index is 13.3. The van der Waals surface area contributed by atoms with E-state index in [4.69, 9.17) is 4.74 Å². The average molecular weight is 386 g/mol. The van der Waals surface area contributed by atoms with Gasteiger partial charge in [0.15, 0.2) is 5.78 Å². The molecule has 0 spiro atoms. The largest absolute Gasteiger partial charge is 0.497 e. The lowest BCUT2D eigenvalue weighted by molar-refractivity contribution is -0.111. The molecule has 2 heteroatoms. The number of carbonyl (C=O) groups excluding carboxylic acids is 1. The standard InChI is InChI=1S/C28H18O2/c1-30-20-8-6-18(7-9-20)28-19-11-17-5-4-15-10-14-2-3-16-12-21(22(29)13-19)27(28)25(16)23(14)24(15)26(17)28/h2-9,13H,10-12H2,1H3/t28-/m0/s1. The van der Waals surface area contributed by atoms with Gasteiger partial charge < -0.3 is 4.74 Å². The zero-order chi connectivity index (χ0) is 19.8. The van der Waals surface area contributed by atoms with E-state index in [0.29, 0.717) is 0 Å². The Morgan fingerprint density at radius 3 is 2.23 bits per heavy atom. The van der Waals surface area contributed by atoms with E-state index in [9.17, 15) is 4.79 Å². The van der Waals surface area contributed by atoms with Crippen molar-refractivity contribution in [3.63, 3.8) is 0 Å². The summed E-state index contributed by atoms with van der Waals surface area (Å²) in [5.74, 6) is 1.08. The Bertz CT molecular complexity index is 1450. The number of carbonyl (C=O) groups is 1. The molecule has 3 aromatic rings. The molecule has 30 heavy (non-hydrogen) atoms. The SMILES string of the molecule is COc1ccc([C@@]23C4=CC(=O)C5=C2c2c(ccc6c2-c2c(ccc(c23)C4)C6)C5)cc1. The Labute approximate surface area is 174 Å². The van der Waals surface area contributed by atoms with E-state index in [1.165, 1.54) is 61.2 Å². The molecule has 0 N–H and O–H groups in total. The second-order valence-corrected chi connectivity index (χ2v) is 9.16. The lowest BCUT2D eigenvalue weighted by Crippen LogP contribution is -2.35. The third kappa shape index (κ3) is 1.41. The van der Waals surface area contributed by atoms with Crippen LogP contribution in [0.3, 0.4) is 0 Å². The van der Waals surface area contributed by atoms with E-state index in [2.05, 4.69) is 48.5 Å². The second-order valence-electron chi connectivity index (χ2n) is 9.16. The van der Waals surface area contributed by atoms with Crippen LogP contribution in [0.2, 0.25) is 0 Å². The van der Waals surface area contributed by atoms with Crippen molar-refractivity contribution in [3.8, 4) is 16.9 Å². The fraction of sp³-hybridized carbons (Fsp3) is 0.179. The van der Waals surface area contributed by atoms with Crippen LogP contribution in [0.4, 0.5) is 0 Å². The fourth-order valence-corrected chi connectivity index (χ4v) is 7.01. The highest BCUT2D eigenvalue weighted by molar-refractivity contribution is 6.21. The lowest BCUT2D eigenvalue weighted by atomic mass is 9.58. The zero-order valence-corrected chi connectivity index (χ0v) is 16.6. The normalized spacial score (nSPS) is 22.7. The Kier molecular flexibility index (Phi) is 2.41. The van der Waals surface area contributed by atoms with Gasteiger partial charge in [0.2, 0.25) is 0 Å². The number of allylic oxidation sites excluding steroid dienone is 4. The molecule has 3 aromatic carbocycles. The van der Waals surface area contributed by atoms with E-state index < -0.39 is 0 Å². The Balaban J connectivity index is 1.61. The summed E-state index contributed by atoms with van der Waals surface area (Å²) in [5.41, 5.74) is 15.7. The predicted octanol–water partition coefficient (Wildman–Crippen LogP) is 4.94. The number of rotatable bonds is 2. The summed E-state index contributed by atoms with van der Waals surface area (Å²) in [6.07, 6.45) is 4.58. The van der Waals surface area contributed by atoms with Gasteiger partial charge in [-0.25, -0.2) is 0 Å². The number of hydrogen-bond acceptors (Lipinski definition) is 2. The molecule has 142 valence electrons. The van der Waals surface area contributed by atoms with Gasteiger partial charge in [0.05, 0.1) is 12.5 Å². The van der Waals surface area contributed by atoms with Crippen molar-refractivity contribution in [2.75, 3.05) is 7.11 Å². The first-order chi connectivity index (χ1) is 14.7. The molecule has 0 aromatic heterocycles. The second kappa shape index (κ2) is 4.67. The van der Waals surface area contributed by atoms with Gasteiger partial charge in [-0.2, -0.15) is 0 Å². The molecule has 8 rings (SSSR count). The molecule has 0 saturated carbocycles. The monoisotopic (exact) mass is 386 g/mol. The van der Waals surface area contributed by atoms with Crippen molar-refractivity contribution in [2.24, 2.45) is 0 Å². The third-order valence-electron chi connectivity index (χ3n) is 8.04. The van der Waals surface area contributed by atoms with Crippen molar-refractivity contribution in [1.29, 1.82) is 0 Å². The van der Waals surface area contributed by atoms with E-state index in [1.807, 2.05) is 6.08 Å². The van der Waals surface area contributed by atoms with Gasteiger partial charge in [-0.05, 0) is 92.3 Å². The lowest BCUT2D eigenvalue weighted by Gasteiger charge is -2.42. The molecular weight excluding hydrogens is 368 g/mol. The van der Waals surface area contributed by atoms with Crippen LogP contribution in [0.25, 0.3) is 16.7 Å². The molecule has 0 fully saturated rings. The summed E-state index contributed by atoms with van der Waals surface area (Å²) in [6, 6.07) is 17.8. The first-order valence-electron chi connectivity index (χ1n) is 10.7. The zero-order valence-electron chi connectivity index (χ0n) is 16.6. The topological polar surface area (TPSA) is 26.3 Å². The first-order valence-corrected chi connectivity index (χ1v) is 10.7. The molecule has 0 radical (unpaired) electrons. The molecule has 5 aliphatic carbocycles. The average Bonchev–Trinajstić information content (AvgIpc) is 3.43. The summed E-state index contributed by atoms with van der Waals surface area (Å²) >= 11 is 0. The van der Waals surface area contributed by atoms with Gasteiger partial charge in [-0.15, -0.1) is 0 Å². The third-order valence-corrected chi connectivity index (χ3v) is 8.04. The predicted molar refractivity (Wildman–Crippen MR) is 116 cm³/mol. The molecule has 0 saturated heterocycles. The van der Waals surface area contributed by atoms with Crippen molar-refractivity contribution < 1.29 is 9.53 Å². The summed E-state index contributed by atoms with van der Waals surface area (Å²) in [6.45, 7) is 0. The van der Waals surface area contributed by atoms with Gasteiger partial charge in [0, 0.05) is 12.0 Å². The van der Waals surface area contributed by atoms with Crippen LogP contribution in [0.5, 0.6) is 5.75 Å². The molecule has 0 aliphatic heterocycles. The molecule has 0 amide bonds. The molecule has 2 nitrogen and oxygen atoms in total. The smallest absolute Gasteiger partial charge is 0.182 e. The van der Waals surface area contributed by atoms with E-state index in [0.717, 1.165) is 30.6 Å². The van der Waals surface area contributed by atoms with Crippen LogP contribution in [-0.4, -0.2) is 12.9 Å².